The quantitative estimate of drug-likeness (QED) is 0.835. The van der Waals surface area contributed by atoms with E-state index in [1.54, 1.807) is 0 Å². The summed E-state index contributed by atoms with van der Waals surface area (Å²) in [4.78, 5) is 4.40. The Morgan fingerprint density at radius 3 is 2.88 bits per heavy atom. The molecular weight excluding hydrogens is 200 g/mol. The van der Waals surface area contributed by atoms with Crippen LogP contribution < -0.4 is 0 Å². The SMILES string of the molecule is CC1CCC(O)C(n2ccnc2C(C)C)C1. The summed E-state index contributed by atoms with van der Waals surface area (Å²) in [7, 11) is 0. The molecule has 3 atom stereocenters. The summed E-state index contributed by atoms with van der Waals surface area (Å²) in [5, 5.41) is 10.1. The Morgan fingerprint density at radius 1 is 1.44 bits per heavy atom. The average molecular weight is 222 g/mol. The molecule has 0 bridgehead atoms. The van der Waals surface area contributed by atoms with Crippen LogP contribution in [0.2, 0.25) is 0 Å². The molecule has 1 aromatic heterocycles. The van der Waals surface area contributed by atoms with Crippen LogP contribution in [-0.4, -0.2) is 20.8 Å². The van der Waals surface area contributed by atoms with Crippen molar-refractivity contribution >= 4 is 0 Å². The second-order valence-corrected chi connectivity index (χ2v) is 5.40. The van der Waals surface area contributed by atoms with Crippen molar-refractivity contribution in [2.75, 3.05) is 0 Å². The minimum absolute atomic E-state index is 0.206. The minimum Gasteiger partial charge on any atom is -0.391 e. The third-order valence-corrected chi connectivity index (χ3v) is 3.62. The van der Waals surface area contributed by atoms with Gasteiger partial charge in [0.25, 0.3) is 0 Å². The standard InChI is InChI=1S/C13H22N2O/c1-9(2)13-14-6-7-15(13)11-8-10(3)4-5-12(11)16/h6-7,9-12,16H,4-5,8H2,1-3H3. The number of hydrogen-bond acceptors (Lipinski definition) is 2. The zero-order valence-electron chi connectivity index (χ0n) is 10.4. The number of aromatic nitrogens is 2. The molecule has 0 saturated heterocycles. The number of nitrogens with zero attached hydrogens (tertiary/aromatic N) is 2. The molecule has 1 aromatic rings. The Kier molecular flexibility index (Phi) is 3.33. The molecule has 1 heterocycles. The van der Waals surface area contributed by atoms with Crippen LogP contribution in [0.3, 0.4) is 0 Å². The zero-order valence-corrected chi connectivity index (χ0v) is 10.4. The van der Waals surface area contributed by atoms with Crippen molar-refractivity contribution in [1.82, 2.24) is 9.55 Å². The first-order valence-corrected chi connectivity index (χ1v) is 6.30. The van der Waals surface area contributed by atoms with Gasteiger partial charge in [-0.05, 0) is 25.2 Å². The van der Waals surface area contributed by atoms with E-state index in [2.05, 4.69) is 30.3 Å². The topological polar surface area (TPSA) is 38.0 Å². The second-order valence-electron chi connectivity index (χ2n) is 5.40. The molecule has 3 unspecified atom stereocenters. The molecule has 0 radical (unpaired) electrons. The lowest BCUT2D eigenvalue weighted by atomic mass is 9.84. The highest BCUT2D eigenvalue weighted by Crippen LogP contribution is 2.34. The van der Waals surface area contributed by atoms with Gasteiger partial charge in [0.15, 0.2) is 0 Å². The predicted molar refractivity (Wildman–Crippen MR) is 64.4 cm³/mol. The summed E-state index contributed by atoms with van der Waals surface area (Å²) < 4.78 is 2.19. The van der Waals surface area contributed by atoms with Gasteiger partial charge in [-0.3, -0.25) is 0 Å². The summed E-state index contributed by atoms with van der Waals surface area (Å²) in [5.41, 5.74) is 0. The molecule has 2 rings (SSSR count). The maximum absolute atomic E-state index is 10.1. The van der Waals surface area contributed by atoms with Crippen LogP contribution in [0.5, 0.6) is 0 Å². The normalized spacial score (nSPS) is 30.9. The van der Waals surface area contributed by atoms with Crippen molar-refractivity contribution < 1.29 is 5.11 Å². The van der Waals surface area contributed by atoms with E-state index in [1.165, 1.54) is 0 Å². The lowest BCUT2D eigenvalue weighted by Gasteiger charge is -2.33. The summed E-state index contributed by atoms with van der Waals surface area (Å²) in [5.74, 6) is 2.22. The third-order valence-electron chi connectivity index (χ3n) is 3.62. The third kappa shape index (κ3) is 2.14. The summed E-state index contributed by atoms with van der Waals surface area (Å²) in [6, 6.07) is 0.226. The first-order valence-electron chi connectivity index (χ1n) is 6.30. The lowest BCUT2D eigenvalue weighted by molar-refractivity contribution is 0.0561. The summed E-state index contributed by atoms with van der Waals surface area (Å²) in [6.07, 6.45) is 6.79. The first-order chi connectivity index (χ1) is 7.59. The Morgan fingerprint density at radius 2 is 2.19 bits per heavy atom. The van der Waals surface area contributed by atoms with Crippen LogP contribution in [0.15, 0.2) is 12.4 Å². The molecule has 0 aromatic carbocycles. The van der Waals surface area contributed by atoms with Gasteiger partial charge >= 0.3 is 0 Å². The van der Waals surface area contributed by atoms with Crippen molar-refractivity contribution in [3.05, 3.63) is 18.2 Å². The minimum atomic E-state index is -0.206. The van der Waals surface area contributed by atoms with E-state index in [1.807, 2.05) is 12.4 Å². The van der Waals surface area contributed by atoms with E-state index in [-0.39, 0.29) is 12.1 Å². The largest absolute Gasteiger partial charge is 0.391 e. The van der Waals surface area contributed by atoms with Gasteiger partial charge in [0.2, 0.25) is 0 Å². The summed E-state index contributed by atoms with van der Waals surface area (Å²) in [6.45, 7) is 6.57. The van der Waals surface area contributed by atoms with Crippen molar-refractivity contribution in [1.29, 1.82) is 0 Å². The molecule has 1 aliphatic rings. The predicted octanol–water partition coefficient (Wildman–Crippen LogP) is 2.73. The van der Waals surface area contributed by atoms with Crippen LogP contribution >= 0.6 is 0 Å². The highest BCUT2D eigenvalue weighted by atomic mass is 16.3. The molecule has 3 heteroatoms. The van der Waals surface area contributed by atoms with Crippen LogP contribution in [0.1, 0.15) is 57.8 Å². The maximum Gasteiger partial charge on any atom is 0.111 e. The van der Waals surface area contributed by atoms with E-state index < -0.39 is 0 Å². The van der Waals surface area contributed by atoms with Crippen molar-refractivity contribution in [3.8, 4) is 0 Å². The smallest absolute Gasteiger partial charge is 0.111 e. The van der Waals surface area contributed by atoms with Gasteiger partial charge in [0.05, 0.1) is 12.1 Å². The number of imidazole rings is 1. The molecule has 1 N–H and O–H groups in total. The lowest BCUT2D eigenvalue weighted by Crippen LogP contribution is -2.31. The molecular formula is C13H22N2O. The Bertz CT molecular complexity index is 345. The fourth-order valence-corrected chi connectivity index (χ4v) is 2.69. The molecule has 0 spiro atoms. The second kappa shape index (κ2) is 4.58. The molecule has 16 heavy (non-hydrogen) atoms. The fraction of sp³-hybridized carbons (Fsp3) is 0.769. The van der Waals surface area contributed by atoms with Crippen LogP contribution in [0, 0.1) is 5.92 Å². The number of hydrogen-bond donors (Lipinski definition) is 1. The van der Waals surface area contributed by atoms with E-state index in [0.29, 0.717) is 11.8 Å². The van der Waals surface area contributed by atoms with E-state index in [9.17, 15) is 5.11 Å². The fourth-order valence-electron chi connectivity index (χ4n) is 2.69. The van der Waals surface area contributed by atoms with Gasteiger partial charge in [-0.15, -0.1) is 0 Å². The van der Waals surface area contributed by atoms with Crippen LogP contribution in [0.4, 0.5) is 0 Å². The maximum atomic E-state index is 10.1. The van der Waals surface area contributed by atoms with E-state index >= 15 is 0 Å². The molecule has 1 saturated carbocycles. The zero-order chi connectivity index (χ0) is 11.7. The Hall–Kier alpha value is -0.830. The average Bonchev–Trinajstić information content (AvgIpc) is 2.70. The van der Waals surface area contributed by atoms with Gasteiger partial charge in [-0.2, -0.15) is 0 Å². The van der Waals surface area contributed by atoms with E-state index in [0.717, 1.165) is 25.1 Å². The van der Waals surface area contributed by atoms with E-state index in [4.69, 9.17) is 0 Å². The van der Waals surface area contributed by atoms with Gasteiger partial charge in [-0.1, -0.05) is 20.8 Å². The Balaban J connectivity index is 2.24. The van der Waals surface area contributed by atoms with Gasteiger partial charge in [0.1, 0.15) is 5.82 Å². The van der Waals surface area contributed by atoms with Gasteiger partial charge < -0.3 is 9.67 Å². The van der Waals surface area contributed by atoms with Gasteiger partial charge in [-0.25, -0.2) is 4.98 Å². The summed E-state index contributed by atoms with van der Waals surface area (Å²) >= 11 is 0. The van der Waals surface area contributed by atoms with Crippen molar-refractivity contribution in [3.63, 3.8) is 0 Å². The molecule has 90 valence electrons. The van der Waals surface area contributed by atoms with Crippen molar-refractivity contribution in [2.24, 2.45) is 5.92 Å². The molecule has 1 aliphatic carbocycles. The highest BCUT2D eigenvalue weighted by Gasteiger charge is 2.29. The molecule has 0 amide bonds. The number of aliphatic hydroxyl groups excluding tert-OH is 1. The monoisotopic (exact) mass is 222 g/mol. The first kappa shape index (κ1) is 11.6. The number of aliphatic hydroxyl groups is 1. The van der Waals surface area contributed by atoms with Crippen LogP contribution in [0.25, 0.3) is 0 Å². The number of rotatable bonds is 2. The molecule has 1 fully saturated rings. The van der Waals surface area contributed by atoms with Crippen LogP contribution in [-0.2, 0) is 0 Å². The molecule has 0 aliphatic heterocycles. The van der Waals surface area contributed by atoms with Gasteiger partial charge in [0, 0.05) is 18.3 Å². The highest BCUT2D eigenvalue weighted by molar-refractivity contribution is 5.02. The van der Waals surface area contributed by atoms with Crippen molar-refractivity contribution in [2.45, 2.75) is 58.1 Å². The molecule has 3 nitrogen and oxygen atoms in total. The Labute approximate surface area is 97.5 Å².